The van der Waals surface area contributed by atoms with Crippen LogP contribution in [0.3, 0.4) is 0 Å². The molecular formula is C37H29NO7. The molecule has 2 aliphatic carbocycles. The second-order valence-electron chi connectivity index (χ2n) is 11.8. The summed E-state index contributed by atoms with van der Waals surface area (Å²) in [7, 11) is 0. The number of carbonyl (C=O) groups excluding carboxylic acids is 5. The predicted molar refractivity (Wildman–Crippen MR) is 164 cm³/mol. The van der Waals surface area contributed by atoms with E-state index < -0.39 is 24.3 Å². The topological polar surface area (TPSA) is 107 Å². The molecule has 5 atom stereocenters. The number of ketones is 1. The van der Waals surface area contributed by atoms with Crippen molar-refractivity contribution in [1.82, 2.24) is 0 Å². The molecule has 3 aliphatic rings. The fourth-order valence-corrected chi connectivity index (χ4v) is 7.29. The first-order chi connectivity index (χ1) is 21.9. The van der Waals surface area contributed by atoms with Crippen molar-refractivity contribution >= 4 is 35.2 Å². The van der Waals surface area contributed by atoms with E-state index in [2.05, 4.69) is 12.1 Å². The zero-order chi connectivity index (χ0) is 31.1. The minimum atomic E-state index is -0.706. The molecule has 2 bridgehead atoms. The maximum absolute atomic E-state index is 13.6. The van der Waals surface area contributed by atoms with E-state index >= 15 is 0 Å². The molecule has 7 rings (SSSR count). The van der Waals surface area contributed by atoms with Gasteiger partial charge in [-0.3, -0.25) is 19.3 Å². The molecule has 3 fully saturated rings. The highest BCUT2D eigenvalue weighted by atomic mass is 16.5. The number of fused-ring (bicyclic) bond motifs is 5. The lowest BCUT2D eigenvalue weighted by atomic mass is 9.73. The first kappa shape index (κ1) is 28.4. The van der Waals surface area contributed by atoms with E-state index in [-0.39, 0.29) is 58.3 Å². The Balaban J connectivity index is 0.953. The normalized spacial score (nSPS) is 23.1. The Morgan fingerprint density at radius 1 is 0.644 bits per heavy atom. The zero-order valence-electron chi connectivity index (χ0n) is 24.2. The molecule has 224 valence electrons. The average molecular weight is 600 g/mol. The van der Waals surface area contributed by atoms with E-state index in [1.165, 1.54) is 46.9 Å². The summed E-state index contributed by atoms with van der Waals surface area (Å²) >= 11 is 0. The molecule has 1 aliphatic heterocycles. The summed E-state index contributed by atoms with van der Waals surface area (Å²) in [5, 5.41) is 0. The van der Waals surface area contributed by atoms with E-state index in [4.69, 9.17) is 9.47 Å². The van der Waals surface area contributed by atoms with Gasteiger partial charge in [0, 0.05) is 5.56 Å². The first-order valence-electron chi connectivity index (χ1n) is 15.0. The molecule has 1 saturated heterocycles. The summed E-state index contributed by atoms with van der Waals surface area (Å²) in [6.07, 6.45) is 1.81. The van der Waals surface area contributed by atoms with Crippen molar-refractivity contribution in [2.24, 2.45) is 23.7 Å². The van der Waals surface area contributed by atoms with Gasteiger partial charge in [0.15, 0.2) is 12.4 Å². The summed E-state index contributed by atoms with van der Waals surface area (Å²) in [5.74, 6) is -1.68. The van der Waals surface area contributed by atoms with Crippen LogP contribution in [0, 0.1) is 23.7 Å². The summed E-state index contributed by atoms with van der Waals surface area (Å²) in [6.45, 7) is -0.485. The Hall–Kier alpha value is -5.37. The number of esters is 2. The fourth-order valence-electron chi connectivity index (χ4n) is 7.29. The monoisotopic (exact) mass is 599 g/mol. The van der Waals surface area contributed by atoms with Crippen LogP contribution in [0.5, 0.6) is 5.75 Å². The molecule has 0 radical (unpaired) electrons. The van der Waals surface area contributed by atoms with Crippen LogP contribution in [0.4, 0.5) is 5.69 Å². The van der Waals surface area contributed by atoms with Crippen molar-refractivity contribution < 1.29 is 33.4 Å². The van der Waals surface area contributed by atoms with Crippen LogP contribution in [-0.4, -0.2) is 36.1 Å². The van der Waals surface area contributed by atoms with Crippen molar-refractivity contribution in [2.75, 3.05) is 11.5 Å². The van der Waals surface area contributed by atoms with Gasteiger partial charge in [0.05, 0.1) is 28.7 Å². The van der Waals surface area contributed by atoms with Crippen molar-refractivity contribution in [2.45, 2.75) is 18.8 Å². The average Bonchev–Trinajstić information content (AvgIpc) is 3.75. The van der Waals surface area contributed by atoms with Gasteiger partial charge >= 0.3 is 11.9 Å². The van der Waals surface area contributed by atoms with Gasteiger partial charge in [0.25, 0.3) is 0 Å². The Labute approximate surface area is 259 Å². The molecule has 0 N–H and O–H groups in total. The van der Waals surface area contributed by atoms with Crippen molar-refractivity contribution in [3.05, 3.63) is 131 Å². The Kier molecular flexibility index (Phi) is 7.33. The summed E-state index contributed by atoms with van der Waals surface area (Å²) in [5.41, 5.74) is 2.54. The highest BCUT2D eigenvalue weighted by Gasteiger charge is 2.64. The molecule has 8 heteroatoms. The van der Waals surface area contributed by atoms with Crippen LogP contribution in [-0.2, 0) is 14.3 Å². The van der Waals surface area contributed by atoms with Crippen LogP contribution in [0.25, 0.3) is 0 Å². The van der Waals surface area contributed by atoms with Gasteiger partial charge < -0.3 is 9.47 Å². The van der Waals surface area contributed by atoms with Crippen molar-refractivity contribution in [1.29, 1.82) is 0 Å². The number of amides is 2. The fraction of sp³-hybridized carbons (Fsp3) is 0.216. The van der Waals surface area contributed by atoms with Crippen molar-refractivity contribution in [3.8, 4) is 5.75 Å². The molecule has 5 unspecified atom stereocenters. The van der Waals surface area contributed by atoms with Gasteiger partial charge in [-0.1, -0.05) is 48.5 Å². The van der Waals surface area contributed by atoms with Gasteiger partial charge in [-0.05, 0) is 96.8 Å². The molecule has 4 aromatic carbocycles. The van der Waals surface area contributed by atoms with E-state index in [1.54, 1.807) is 42.5 Å². The number of nitrogens with zero attached hydrogens (tertiary/aromatic N) is 1. The SMILES string of the molecule is O=C(COC(=O)c1ccc(N2C(=O)C3C4CC(c5ccccc5)C(C4)C3C2=O)cc1)c1ccc(OC(=O)c2ccccc2)cc1. The highest BCUT2D eigenvalue weighted by Crippen LogP contribution is 2.61. The van der Waals surface area contributed by atoms with Gasteiger partial charge in [-0.25, -0.2) is 9.59 Å². The Bertz CT molecular complexity index is 1780. The number of hydrogen-bond donors (Lipinski definition) is 0. The third-order valence-corrected chi connectivity index (χ3v) is 9.34. The highest BCUT2D eigenvalue weighted by molar-refractivity contribution is 6.22. The molecular weight excluding hydrogens is 570 g/mol. The molecule has 0 spiro atoms. The minimum Gasteiger partial charge on any atom is -0.454 e. The summed E-state index contributed by atoms with van der Waals surface area (Å²) in [4.78, 5) is 65.9. The molecule has 2 saturated carbocycles. The lowest BCUT2D eigenvalue weighted by Gasteiger charge is -2.28. The van der Waals surface area contributed by atoms with Gasteiger partial charge in [-0.2, -0.15) is 0 Å². The predicted octanol–water partition coefficient (Wildman–Crippen LogP) is 5.87. The number of Topliss-reactive ketones (excluding diaryl/α,β-unsaturated/α-hetero) is 1. The lowest BCUT2D eigenvalue weighted by molar-refractivity contribution is -0.123. The standard InChI is InChI=1S/C37H29NO7/c39-31(23-13-17-28(18-14-23)45-37(43)24-9-5-2-6-10-24)21-44-36(42)25-11-15-27(16-12-25)38-34(40)32-26-19-29(22-7-3-1-4-8-22)30(20-26)33(32)35(38)41/h1-18,26,29-30,32-33H,19-21H2. The minimum absolute atomic E-state index is 0.149. The maximum atomic E-state index is 13.6. The number of carbonyl (C=O) groups is 5. The first-order valence-corrected chi connectivity index (χ1v) is 15.0. The second-order valence-corrected chi connectivity index (χ2v) is 11.8. The van der Waals surface area contributed by atoms with E-state index in [1.807, 2.05) is 18.2 Å². The Morgan fingerprint density at radius 2 is 1.24 bits per heavy atom. The van der Waals surface area contributed by atoms with Crippen molar-refractivity contribution in [3.63, 3.8) is 0 Å². The molecule has 1 heterocycles. The molecule has 0 aromatic heterocycles. The third kappa shape index (κ3) is 5.22. The molecule has 2 amide bonds. The number of hydrogen-bond acceptors (Lipinski definition) is 7. The van der Waals surface area contributed by atoms with E-state index in [0.717, 1.165) is 12.8 Å². The molecule has 45 heavy (non-hydrogen) atoms. The maximum Gasteiger partial charge on any atom is 0.343 e. The van der Waals surface area contributed by atoms with Crippen LogP contribution in [0.1, 0.15) is 55.4 Å². The third-order valence-electron chi connectivity index (χ3n) is 9.34. The van der Waals surface area contributed by atoms with Crippen LogP contribution >= 0.6 is 0 Å². The quantitative estimate of drug-likeness (QED) is 0.108. The molecule has 8 nitrogen and oxygen atoms in total. The largest absolute Gasteiger partial charge is 0.454 e. The van der Waals surface area contributed by atoms with E-state index in [0.29, 0.717) is 11.3 Å². The number of imide groups is 1. The summed E-state index contributed by atoms with van der Waals surface area (Å²) < 4.78 is 10.6. The lowest BCUT2D eigenvalue weighted by Crippen LogP contribution is -2.33. The van der Waals surface area contributed by atoms with Gasteiger partial charge in [0.1, 0.15) is 5.75 Å². The molecule has 4 aromatic rings. The second kappa shape index (κ2) is 11.6. The number of ether oxygens (including phenoxy) is 2. The van der Waals surface area contributed by atoms with Gasteiger partial charge in [-0.15, -0.1) is 0 Å². The zero-order valence-corrected chi connectivity index (χ0v) is 24.2. The number of anilines is 1. The Morgan fingerprint density at radius 3 is 1.93 bits per heavy atom. The van der Waals surface area contributed by atoms with Crippen LogP contribution in [0.15, 0.2) is 109 Å². The smallest absolute Gasteiger partial charge is 0.343 e. The number of benzene rings is 4. The van der Waals surface area contributed by atoms with Crippen LogP contribution < -0.4 is 9.64 Å². The van der Waals surface area contributed by atoms with Crippen LogP contribution in [0.2, 0.25) is 0 Å². The summed E-state index contributed by atoms with van der Waals surface area (Å²) in [6, 6.07) is 30.9. The number of rotatable bonds is 8. The van der Waals surface area contributed by atoms with Gasteiger partial charge in [0.2, 0.25) is 11.8 Å². The van der Waals surface area contributed by atoms with E-state index in [9.17, 15) is 24.0 Å².